The van der Waals surface area contributed by atoms with Crippen molar-refractivity contribution in [2.24, 2.45) is 11.8 Å². The van der Waals surface area contributed by atoms with Gasteiger partial charge in [0.25, 0.3) is 0 Å². The molecule has 1 N–H and O–H groups in total. The van der Waals surface area contributed by atoms with Gasteiger partial charge in [0.2, 0.25) is 0 Å². The van der Waals surface area contributed by atoms with Crippen LogP contribution in [0.25, 0.3) is 0 Å². The highest BCUT2D eigenvalue weighted by molar-refractivity contribution is 4.76. The predicted molar refractivity (Wildman–Crippen MR) is 67.1 cm³/mol. The van der Waals surface area contributed by atoms with Gasteiger partial charge in [0.05, 0.1) is 0 Å². The summed E-state index contributed by atoms with van der Waals surface area (Å²) in [6.45, 7) is 10.7. The van der Waals surface area contributed by atoms with Crippen LogP contribution in [0.3, 0.4) is 0 Å². The van der Waals surface area contributed by atoms with Crippen LogP contribution in [0.5, 0.6) is 0 Å². The van der Waals surface area contributed by atoms with E-state index in [0.717, 1.165) is 17.9 Å². The van der Waals surface area contributed by atoms with E-state index in [4.69, 9.17) is 0 Å². The van der Waals surface area contributed by atoms with Crippen molar-refractivity contribution in [1.82, 2.24) is 10.2 Å². The molecule has 2 atom stereocenters. The van der Waals surface area contributed by atoms with E-state index < -0.39 is 0 Å². The summed E-state index contributed by atoms with van der Waals surface area (Å²) in [7, 11) is 2.27. The average molecular weight is 212 g/mol. The van der Waals surface area contributed by atoms with Crippen molar-refractivity contribution >= 4 is 0 Å². The van der Waals surface area contributed by atoms with Crippen molar-refractivity contribution in [2.75, 3.05) is 26.7 Å². The maximum atomic E-state index is 3.52. The van der Waals surface area contributed by atoms with Gasteiger partial charge in [-0.2, -0.15) is 0 Å². The molecule has 0 aliphatic carbocycles. The van der Waals surface area contributed by atoms with Crippen molar-refractivity contribution in [2.45, 2.75) is 46.1 Å². The Kier molecular flexibility index (Phi) is 5.62. The maximum Gasteiger partial charge on any atom is 0.00418 e. The third-order valence-corrected chi connectivity index (χ3v) is 3.39. The van der Waals surface area contributed by atoms with Crippen molar-refractivity contribution in [3.63, 3.8) is 0 Å². The standard InChI is InChI=1S/C13H28N2/c1-11(2)6-8-15(4)10-13-5-7-14-12(3)9-13/h11-14H,5-10H2,1-4H3. The van der Waals surface area contributed by atoms with Gasteiger partial charge in [-0.25, -0.2) is 0 Å². The highest BCUT2D eigenvalue weighted by Crippen LogP contribution is 2.17. The van der Waals surface area contributed by atoms with Crippen LogP contribution in [0.4, 0.5) is 0 Å². The molecule has 0 aromatic carbocycles. The second-order valence-corrected chi connectivity index (χ2v) is 5.69. The fourth-order valence-corrected chi connectivity index (χ4v) is 2.41. The van der Waals surface area contributed by atoms with E-state index in [0.29, 0.717) is 0 Å². The Morgan fingerprint density at radius 2 is 2.13 bits per heavy atom. The van der Waals surface area contributed by atoms with Crippen LogP contribution in [-0.4, -0.2) is 37.6 Å². The summed E-state index contributed by atoms with van der Waals surface area (Å²) in [5.74, 6) is 1.75. The number of hydrogen-bond donors (Lipinski definition) is 1. The minimum Gasteiger partial charge on any atom is -0.314 e. The molecule has 0 saturated carbocycles. The summed E-state index contributed by atoms with van der Waals surface area (Å²) in [5, 5.41) is 3.52. The van der Waals surface area contributed by atoms with Gasteiger partial charge in [0.15, 0.2) is 0 Å². The normalized spacial score (nSPS) is 27.6. The number of nitrogens with one attached hydrogen (secondary N) is 1. The minimum absolute atomic E-state index is 0.724. The van der Waals surface area contributed by atoms with Crippen LogP contribution in [0.2, 0.25) is 0 Å². The van der Waals surface area contributed by atoms with Crippen LogP contribution < -0.4 is 5.32 Å². The smallest absolute Gasteiger partial charge is 0.00418 e. The summed E-state index contributed by atoms with van der Waals surface area (Å²) in [4.78, 5) is 2.52. The Hall–Kier alpha value is -0.0800. The molecule has 2 nitrogen and oxygen atoms in total. The highest BCUT2D eigenvalue weighted by Gasteiger charge is 2.19. The monoisotopic (exact) mass is 212 g/mol. The lowest BCUT2D eigenvalue weighted by molar-refractivity contribution is 0.213. The van der Waals surface area contributed by atoms with Crippen LogP contribution >= 0.6 is 0 Å². The molecule has 1 heterocycles. The molecule has 1 fully saturated rings. The molecule has 2 unspecified atom stereocenters. The topological polar surface area (TPSA) is 15.3 Å². The molecule has 0 aromatic heterocycles. The van der Waals surface area contributed by atoms with E-state index >= 15 is 0 Å². The fourth-order valence-electron chi connectivity index (χ4n) is 2.41. The Balaban J connectivity index is 2.16. The zero-order chi connectivity index (χ0) is 11.3. The fraction of sp³-hybridized carbons (Fsp3) is 1.00. The summed E-state index contributed by atoms with van der Waals surface area (Å²) in [5.41, 5.74) is 0. The minimum atomic E-state index is 0.724. The molecule has 0 amide bonds. The number of nitrogens with zero attached hydrogens (tertiary/aromatic N) is 1. The van der Waals surface area contributed by atoms with E-state index in [1.807, 2.05) is 0 Å². The molecule has 1 saturated heterocycles. The number of rotatable bonds is 5. The molecule has 0 aromatic rings. The van der Waals surface area contributed by atoms with Crippen molar-refractivity contribution in [1.29, 1.82) is 0 Å². The second kappa shape index (κ2) is 6.49. The Morgan fingerprint density at radius 1 is 1.40 bits per heavy atom. The Labute approximate surface area is 95.4 Å². The summed E-state index contributed by atoms with van der Waals surface area (Å²) in [6, 6.07) is 0.724. The van der Waals surface area contributed by atoms with E-state index in [2.05, 4.69) is 38.0 Å². The van der Waals surface area contributed by atoms with Crippen LogP contribution in [-0.2, 0) is 0 Å². The molecule has 15 heavy (non-hydrogen) atoms. The summed E-state index contributed by atoms with van der Waals surface area (Å²) in [6.07, 6.45) is 4.04. The average Bonchev–Trinajstić information content (AvgIpc) is 2.15. The molecule has 0 bridgehead atoms. The SMILES string of the molecule is CC(C)CCN(C)CC1CCNC(C)C1. The lowest BCUT2D eigenvalue weighted by Gasteiger charge is -2.31. The first-order valence-corrected chi connectivity index (χ1v) is 6.50. The maximum absolute atomic E-state index is 3.52. The molecule has 0 spiro atoms. The molecule has 1 aliphatic heterocycles. The highest BCUT2D eigenvalue weighted by atomic mass is 15.1. The van der Waals surface area contributed by atoms with E-state index in [1.165, 1.54) is 38.9 Å². The Morgan fingerprint density at radius 3 is 2.73 bits per heavy atom. The van der Waals surface area contributed by atoms with Gasteiger partial charge in [0.1, 0.15) is 0 Å². The van der Waals surface area contributed by atoms with Gasteiger partial charge in [-0.15, -0.1) is 0 Å². The van der Waals surface area contributed by atoms with Gasteiger partial charge in [0, 0.05) is 12.6 Å². The first-order valence-electron chi connectivity index (χ1n) is 6.50. The third kappa shape index (κ3) is 5.53. The van der Waals surface area contributed by atoms with E-state index in [1.54, 1.807) is 0 Å². The molecular weight excluding hydrogens is 184 g/mol. The van der Waals surface area contributed by atoms with Crippen molar-refractivity contribution < 1.29 is 0 Å². The molecule has 2 heteroatoms. The number of piperidine rings is 1. The van der Waals surface area contributed by atoms with Crippen molar-refractivity contribution in [3.8, 4) is 0 Å². The zero-order valence-electron chi connectivity index (χ0n) is 10.9. The van der Waals surface area contributed by atoms with Gasteiger partial charge in [-0.1, -0.05) is 13.8 Å². The largest absolute Gasteiger partial charge is 0.314 e. The van der Waals surface area contributed by atoms with Crippen LogP contribution in [0.1, 0.15) is 40.0 Å². The van der Waals surface area contributed by atoms with Gasteiger partial charge in [-0.05, 0) is 58.2 Å². The van der Waals surface area contributed by atoms with Gasteiger partial charge in [-0.3, -0.25) is 0 Å². The zero-order valence-corrected chi connectivity index (χ0v) is 10.9. The van der Waals surface area contributed by atoms with Gasteiger partial charge < -0.3 is 10.2 Å². The molecule has 1 rings (SSSR count). The summed E-state index contributed by atoms with van der Waals surface area (Å²) >= 11 is 0. The van der Waals surface area contributed by atoms with E-state index in [-0.39, 0.29) is 0 Å². The van der Waals surface area contributed by atoms with E-state index in [9.17, 15) is 0 Å². The molecule has 1 aliphatic rings. The van der Waals surface area contributed by atoms with Crippen LogP contribution in [0, 0.1) is 11.8 Å². The Bertz CT molecular complexity index is 168. The van der Waals surface area contributed by atoms with Crippen LogP contribution in [0.15, 0.2) is 0 Å². The lowest BCUT2D eigenvalue weighted by Crippen LogP contribution is -2.40. The lowest BCUT2D eigenvalue weighted by atomic mass is 9.93. The second-order valence-electron chi connectivity index (χ2n) is 5.69. The third-order valence-electron chi connectivity index (χ3n) is 3.39. The molecule has 90 valence electrons. The summed E-state index contributed by atoms with van der Waals surface area (Å²) < 4.78 is 0. The first-order chi connectivity index (χ1) is 7.08. The quantitative estimate of drug-likeness (QED) is 0.752. The predicted octanol–water partition coefficient (Wildman–Crippen LogP) is 2.35. The molecule has 0 radical (unpaired) electrons. The molecular formula is C13H28N2. The van der Waals surface area contributed by atoms with Crippen molar-refractivity contribution in [3.05, 3.63) is 0 Å². The first kappa shape index (κ1) is 13.0. The number of hydrogen-bond acceptors (Lipinski definition) is 2. The van der Waals surface area contributed by atoms with Gasteiger partial charge >= 0.3 is 0 Å².